The maximum atomic E-state index is 8.81. The first-order valence-electron chi connectivity index (χ1n) is 7.59. The highest BCUT2D eigenvalue weighted by Gasteiger charge is 2.10. The summed E-state index contributed by atoms with van der Waals surface area (Å²) < 4.78 is 10.8. The first-order chi connectivity index (χ1) is 10.3. The number of methoxy groups -OCH3 is 1. The predicted octanol–water partition coefficient (Wildman–Crippen LogP) is 2.51. The molecule has 0 fully saturated rings. The van der Waals surface area contributed by atoms with Crippen LogP contribution in [0.4, 0.5) is 0 Å². The molecule has 0 saturated heterocycles. The molecule has 116 valence electrons. The Morgan fingerprint density at radius 3 is 2.90 bits per heavy atom. The molecule has 4 nitrogen and oxygen atoms in total. The van der Waals surface area contributed by atoms with E-state index in [4.69, 9.17) is 14.6 Å². The Bertz CT molecular complexity index is 459. The molecule has 0 aromatic heterocycles. The van der Waals surface area contributed by atoms with E-state index in [1.807, 2.05) is 18.2 Å². The molecule has 0 aliphatic heterocycles. The molecule has 1 atom stereocenters. The maximum Gasteiger partial charge on any atom is 0.161 e. The monoisotopic (exact) mass is 291 g/mol. The zero-order valence-electron chi connectivity index (χ0n) is 12.7. The van der Waals surface area contributed by atoms with Crippen LogP contribution >= 0.6 is 0 Å². The first-order valence-corrected chi connectivity index (χ1v) is 7.59. The van der Waals surface area contributed by atoms with Crippen molar-refractivity contribution in [3.63, 3.8) is 0 Å². The molecule has 21 heavy (non-hydrogen) atoms. The van der Waals surface area contributed by atoms with Crippen molar-refractivity contribution in [3.05, 3.63) is 35.9 Å². The number of aliphatic hydroxyl groups is 1. The molecule has 4 heteroatoms. The van der Waals surface area contributed by atoms with E-state index in [0.29, 0.717) is 11.5 Å². The van der Waals surface area contributed by atoms with Crippen molar-refractivity contribution < 1.29 is 14.6 Å². The van der Waals surface area contributed by atoms with Gasteiger partial charge in [0.15, 0.2) is 11.5 Å². The molecule has 1 aromatic carbocycles. The summed E-state index contributed by atoms with van der Waals surface area (Å²) >= 11 is 0. The summed E-state index contributed by atoms with van der Waals surface area (Å²) in [7, 11) is 1.63. The summed E-state index contributed by atoms with van der Waals surface area (Å²) in [4.78, 5) is 0. The lowest BCUT2D eigenvalue weighted by Gasteiger charge is -2.18. The molecular formula is C17H25NO3. The van der Waals surface area contributed by atoms with E-state index in [9.17, 15) is 0 Å². The molecule has 0 spiro atoms. The van der Waals surface area contributed by atoms with E-state index < -0.39 is 0 Å². The molecule has 1 aliphatic rings. The van der Waals surface area contributed by atoms with E-state index in [1.54, 1.807) is 7.11 Å². The van der Waals surface area contributed by atoms with E-state index in [2.05, 4.69) is 17.5 Å². The summed E-state index contributed by atoms with van der Waals surface area (Å²) in [6.07, 6.45) is 8.22. The summed E-state index contributed by atoms with van der Waals surface area (Å²) in [5, 5.41) is 12.3. The predicted molar refractivity (Wildman–Crippen MR) is 83.8 cm³/mol. The third kappa shape index (κ3) is 5.06. The van der Waals surface area contributed by atoms with Gasteiger partial charge in [-0.05, 0) is 49.4 Å². The number of aliphatic hydroxyl groups excluding tert-OH is 1. The number of ether oxygens (including phenoxy) is 2. The van der Waals surface area contributed by atoms with Crippen LogP contribution in [0.3, 0.4) is 0 Å². The highest BCUT2D eigenvalue weighted by molar-refractivity contribution is 5.42. The number of nitrogens with one attached hydrogen (secondary N) is 1. The summed E-state index contributed by atoms with van der Waals surface area (Å²) in [6.45, 7) is 2.16. The molecule has 0 saturated carbocycles. The van der Waals surface area contributed by atoms with Gasteiger partial charge in [0.1, 0.15) is 6.61 Å². The molecule has 1 unspecified atom stereocenters. The lowest BCUT2D eigenvalue weighted by atomic mass is 9.94. The molecule has 0 amide bonds. The number of benzene rings is 1. The zero-order valence-corrected chi connectivity index (χ0v) is 12.7. The van der Waals surface area contributed by atoms with E-state index in [1.165, 1.54) is 24.8 Å². The van der Waals surface area contributed by atoms with Crippen LogP contribution in [0.2, 0.25) is 0 Å². The van der Waals surface area contributed by atoms with Gasteiger partial charge in [-0.1, -0.05) is 18.2 Å². The lowest BCUT2D eigenvalue weighted by Crippen LogP contribution is -2.23. The van der Waals surface area contributed by atoms with Crippen LogP contribution in [0.1, 0.15) is 24.8 Å². The van der Waals surface area contributed by atoms with Gasteiger partial charge in [0, 0.05) is 6.54 Å². The Kier molecular flexibility index (Phi) is 6.57. The standard InChI is InChI=1S/C17H25NO3/c1-20-17-11-15(7-8-16(17)21-10-9-19)13-18-12-14-5-3-2-4-6-14/h2-3,7-8,11,14,18-19H,4-6,9-10,12-13H2,1H3. The summed E-state index contributed by atoms with van der Waals surface area (Å²) in [5.74, 6) is 2.14. The highest BCUT2D eigenvalue weighted by Crippen LogP contribution is 2.28. The van der Waals surface area contributed by atoms with Crippen LogP contribution in [0.15, 0.2) is 30.4 Å². The fourth-order valence-electron chi connectivity index (χ4n) is 2.56. The fourth-order valence-corrected chi connectivity index (χ4v) is 2.56. The Labute approximate surface area is 126 Å². The molecular weight excluding hydrogens is 266 g/mol. The number of hydrogen-bond acceptors (Lipinski definition) is 4. The van der Waals surface area contributed by atoms with Crippen molar-refractivity contribution >= 4 is 0 Å². The molecule has 1 aromatic rings. The van der Waals surface area contributed by atoms with Crippen molar-refractivity contribution in [1.82, 2.24) is 5.32 Å². The smallest absolute Gasteiger partial charge is 0.161 e. The van der Waals surface area contributed by atoms with Crippen molar-refractivity contribution in [2.45, 2.75) is 25.8 Å². The fraction of sp³-hybridized carbons (Fsp3) is 0.529. The average Bonchev–Trinajstić information content (AvgIpc) is 2.54. The Balaban J connectivity index is 1.83. The van der Waals surface area contributed by atoms with Gasteiger partial charge in [-0.2, -0.15) is 0 Å². The SMILES string of the molecule is COc1cc(CNCC2CC=CCC2)ccc1OCCO. The van der Waals surface area contributed by atoms with Gasteiger partial charge >= 0.3 is 0 Å². The van der Waals surface area contributed by atoms with Crippen LogP contribution < -0.4 is 14.8 Å². The van der Waals surface area contributed by atoms with Gasteiger partial charge in [0.05, 0.1) is 13.7 Å². The van der Waals surface area contributed by atoms with Crippen molar-refractivity contribution in [2.75, 3.05) is 26.9 Å². The van der Waals surface area contributed by atoms with Crippen LogP contribution in [0.25, 0.3) is 0 Å². The van der Waals surface area contributed by atoms with E-state index >= 15 is 0 Å². The quantitative estimate of drug-likeness (QED) is 0.723. The molecule has 0 heterocycles. The second-order valence-corrected chi connectivity index (χ2v) is 5.34. The van der Waals surface area contributed by atoms with Crippen molar-refractivity contribution in [2.24, 2.45) is 5.92 Å². The molecule has 2 rings (SSSR count). The Hall–Kier alpha value is -1.52. The van der Waals surface area contributed by atoms with Gasteiger partial charge in [-0.25, -0.2) is 0 Å². The molecule has 0 radical (unpaired) electrons. The lowest BCUT2D eigenvalue weighted by molar-refractivity contribution is 0.196. The summed E-state index contributed by atoms with van der Waals surface area (Å²) in [5.41, 5.74) is 1.18. The van der Waals surface area contributed by atoms with Gasteiger partial charge in [-0.15, -0.1) is 0 Å². The van der Waals surface area contributed by atoms with Gasteiger partial charge < -0.3 is 19.9 Å². The minimum absolute atomic E-state index is 0.00228. The van der Waals surface area contributed by atoms with E-state index in [0.717, 1.165) is 19.0 Å². The number of rotatable bonds is 8. The highest BCUT2D eigenvalue weighted by atomic mass is 16.5. The van der Waals surface area contributed by atoms with E-state index in [-0.39, 0.29) is 13.2 Å². The van der Waals surface area contributed by atoms with Crippen molar-refractivity contribution in [1.29, 1.82) is 0 Å². The van der Waals surface area contributed by atoms with Gasteiger partial charge in [-0.3, -0.25) is 0 Å². The topological polar surface area (TPSA) is 50.7 Å². The largest absolute Gasteiger partial charge is 0.493 e. The Morgan fingerprint density at radius 1 is 1.29 bits per heavy atom. The molecule has 2 N–H and O–H groups in total. The zero-order chi connectivity index (χ0) is 14.9. The summed E-state index contributed by atoms with van der Waals surface area (Å²) in [6, 6.07) is 5.92. The number of allylic oxidation sites excluding steroid dienone is 2. The van der Waals surface area contributed by atoms with Crippen LogP contribution in [0, 0.1) is 5.92 Å². The van der Waals surface area contributed by atoms with Crippen LogP contribution in [0.5, 0.6) is 11.5 Å². The molecule has 0 bridgehead atoms. The third-order valence-corrected chi connectivity index (χ3v) is 3.72. The second-order valence-electron chi connectivity index (χ2n) is 5.34. The minimum atomic E-state index is 0.00228. The second kappa shape index (κ2) is 8.70. The van der Waals surface area contributed by atoms with Crippen LogP contribution in [-0.4, -0.2) is 32.0 Å². The Morgan fingerprint density at radius 2 is 2.19 bits per heavy atom. The molecule has 1 aliphatic carbocycles. The first kappa shape index (κ1) is 15.9. The maximum absolute atomic E-state index is 8.81. The minimum Gasteiger partial charge on any atom is -0.493 e. The normalized spacial score (nSPS) is 17.7. The van der Waals surface area contributed by atoms with Gasteiger partial charge in [0.25, 0.3) is 0 Å². The van der Waals surface area contributed by atoms with Crippen LogP contribution in [-0.2, 0) is 6.54 Å². The van der Waals surface area contributed by atoms with Gasteiger partial charge in [0.2, 0.25) is 0 Å². The number of hydrogen-bond donors (Lipinski definition) is 2. The van der Waals surface area contributed by atoms with Crippen molar-refractivity contribution in [3.8, 4) is 11.5 Å². The average molecular weight is 291 g/mol. The third-order valence-electron chi connectivity index (χ3n) is 3.72.